The molecule has 3 fully saturated rings. The topological polar surface area (TPSA) is 55.8 Å². The highest BCUT2D eigenvalue weighted by molar-refractivity contribution is 5.83. The van der Waals surface area contributed by atoms with Crippen LogP contribution in [0.25, 0.3) is 0 Å². The molecule has 0 aromatic carbocycles. The van der Waals surface area contributed by atoms with Gasteiger partial charge in [-0.25, -0.2) is 14.0 Å². The standard InChI is InChI=1S/C15H24FNO4/c1-5-20-13(18)12-10-7-6-9(8-11(10)16)17(12)14(19)21-15(2,3)4/h9-12H,5-8H2,1-4H3/t9-,10-,11-,12+/m1/s1. The van der Waals surface area contributed by atoms with E-state index in [4.69, 9.17) is 9.47 Å². The van der Waals surface area contributed by atoms with E-state index in [-0.39, 0.29) is 19.1 Å². The van der Waals surface area contributed by atoms with Crippen molar-refractivity contribution in [2.45, 2.75) is 70.8 Å². The number of fused-ring (bicyclic) bond motifs is 3. The van der Waals surface area contributed by atoms with E-state index in [9.17, 15) is 14.0 Å². The molecule has 2 heterocycles. The van der Waals surface area contributed by atoms with Gasteiger partial charge in [0.05, 0.1) is 6.61 Å². The Labute approximate surface area is 124 Å². The number of ether oxygens (including phenoxy) is 2. The molecule has 2 saturated heterocycles. The Morgan fingerprint density at radius 3 is 2.48 bits per heavy atom. The number of nitrogens with zero attached hydrogens (tertiary/aromatic N) is 1. The summed E-state index contributed by atoms with van der Waals surface area (Å²) >= 11 is 0. The van der Waals surface area contributed by atoms with Crippen molar-refractivity contribution in [1.29, 1.82) is 0 Å². The smallest absolute Gasteiger partial charge is 0.411 e. The van der Waals surface area contributed by atoms with E-state index in [0.717, 1.165) is 0 Å². The number of alkyl halides is 1. The molecule has 4 atom stereocenters. The van der Waals surface area contributed by atoms with Crippen molar-refractivity contribution in [3.63, 3.8) is 0 Å². The lowest BCUT2D eigenvalue weighted by atomic mass is 9.73. The first kappa shape index (κ1) is 16.0. The predicted octanol–water partition coefficient (Wildman–Crippen LogP) is 2.68. The summed E-state index contributed by atoms with van der Waals surface area (Å²) in [7, 11) is 0. The summed E-state index contributed by atoms with van der Waals surface area (Å²) in [4.78, 5) is 26.0. The highest BCUT2D eigenvalue weighted by Gasteiger charge is 2.54. The second-order valence-electron chi connectivity index (χ2n) is 6.73. The van der Waals surface area contributed by atoms with Crippen molar-refractivity contribution < 1.29 is 23.5 Å². The molecule has 0 N–H and O–H groups in total. The minimum Gasteiger partial charge on any atom is -0.464 e. The normalized spacial score (nSPS) is 32.0. The molecular weight excluding hydrogens is 277 g/mol. The van der Waals surface area contributed by atoms with Crippen LogP contribution in [0.2, 0.25) is 0 Å². The van der Waals surface area contributed by atoms with Crippen LogP contribution < -0.4 is 0 Å². The molecule has 0 spiro atoms. The Morgan fingerprint density at radius 1 is 1.29 bits per heavy atom. The van der Waals surface area contributed by atoms with Crippen LogP contribution in [0.3, 0.4) is 0 Å². The summed E-state index contributed by atoms with van der Waals surface area (Å²) in [5, 5.41) is 0. The summed E-state index contributed by atoms with van der Waals surface area (Å²) in [6, 6.07) is -1.14. The number of amides is 1. The zero-order chi connectivity index (χ0) is 15.8. The van der Waals surface area contributed by atoms with Crippen molar-refractivity contribution in [2.75, 3.05) is 6.61 Å². The first-order chi connectivity index (χ1) is 9.74. The largest absolute Gasteiger partial charge is 0.464 e. The van der Waals surface area contributed by atoms with Crippen LogP contribution >= 0.6 is 0 Å². The SMILES string of the molecule is CCOC(=O)[C@@H]1[C@@H]2CC[C@H](C[C@H]2F)N1C(=O)OC(C)(C)C. The number of carbonyl (C=O) groups is 2. The molecule has 2 aliphatic heterocycles. The maximum absolute atomic E-state index is 14.1. The minimum absolute atomic E-state index is 0.214. The van der Waals surface area contributed by atoms with Crippen LogP contribution in [0.1, 0.15) is 47.0 Å². The Hall–Kier alpha value is -1.33. The third-order valence-corrected chi connectivity index (χ3v) is 4.03. The third kappa shape index (κ3) is 3.30. The van der Waals surface area contributed by atoms with Gasteiger partial charge < -0.3 is 9.47 Å². The maximum Gasteiger partial charge on any atom is 0.411 e. The van der Waals surface area contributed by atoms with Crippen molar-refractivity contribution >= 4 is 12.1 Å². The molecule has 0 radical (unpaired) electrons. The number of halogens is 1. The van der Waals surface area contributed by atoms with E-state index in [1.807, 2.05) is 0 Å². The number of piperidine rings is 2. The number of hydrogen-bond acceptors (Lipinski definition) is 4. The van der Waals surface area contributed by atoms with Gasteiger partial charge in [-0.15, -0.1) is 0 Å². The maximum atomic E-state index is 14.1. The number of carbonyl (C=O) groups excluding carboxylic acids is 2. The Morgan fingerprint density at radius 2 is 1.95 bits per heavy atom. The second kappa shape index (κ2) is 5.81. The molecule has 120 valence electrons. The van der Waals surface area contributed by atoms with Gasteiger partial charge in [-0.3, -0.25) is 4.90 Å². The molecule has 0 aromatic heterocycles. The van der Waals surface area contributed by atoms with E-state index in [1.165, 1.54) is 4.90 Å². The lowest BCUT2D eigenvalue weighted by Crippen LogP contribution is -2.64. The Balaban J connectivity index is 2.23. The van der Waals surface area contributed by atoms with Gasteiger partial charge >= 0.3 is 12.1 Å². The molecule has 6 heteroatoms. The number of hydrogen-bond donors (Lipinski definition) is 0. The molecule has 1 saturated carbocycles. The fraction of sp³-hybridized carbons (Fsp3) is 0.867. The summed E-state index contributed by atoms with van der Waals surface area (Å²) < 4.78 is 24.5. The zero-order valence-electron chi connectivity index (χ0n) is 13.1. The lowest BCUT2D eigenvalue weighted by molar-refractivity contribution is -0.162. The molecule has 0 aromatic rings. The van der Waals surface area contributed by atoms with Gasteiger partial charge in [-0.05, 0) is 47.0 Å². The molecule has 3 aliphatic rings. The van der Waals surface area contributed by atoms with Crippen molar-refractivity contribution in [3.8, 4) is 0 Å². The Bertz CT molecular complexity index is 420. The summed E-state index contributed by atoms with van der Waals surface area (Å²) in [5.74, 6) is -1.01. The fourth-order valence-corrected chi connectivity index (χ4v) is 3.25. The van der Waals surface area contributed by atoms with Crippen LogP contribution in [-0.4, -0.2) is 47.4 Å². The average Bonchev–Trinajstić information content (AvgIpc) is 2.36. The van der Waals surface area contributed by atoms with Gasteiger partial charge in [0, 0.05) is 12.0 Å². The van der Waals surface area contributed by atoms with Gasteiger partial charge in [0.25, 0.3) is 0 Å². The highest BCUT2D eigenvalue weighted by Crippen LogP contribution is 2.42. The zero-order valence-corrected chi connectivity index (χ0v) is 13.1. The quantitative estimate of drug-likeness (QED) is 0.736. The van der Waals surface area contributed by atoms with E-state index >= 15 is 0 Å². The van der Waals surface area contributed by atoms with Crippen LogP contribution in [-0.2, 0) is 14.3 Å². The highest BCUT2D eigenvalue weighted by atomic mass is 19.1. The van der Waals surface area contributed by atoms with E-state index in [1.54, 1.807) is 27.7 Å². The molecule has 2 bridgehead atoms. The Kier molecular flexibility index (Phi) is 4.44. The second-order valence-corrected chi connectivity index (χ2v) is 6.73. The first-order valence-electron chi connectivity index (χ1n) is 7.56. The summed E-state index contributed by atoms with van der Waals surface area (Å²) in [5.41, 5.74) is -0.651. The summed E-state index contributed by atoms with van der Waals surface area (Å²) in [6.45, 7) is 7.22. The predicted molar refractivity (Wildman–Crippen MR) is 74.5 cm³/mol. The van der Waals surface area contributed by atoms with E-state index in [0.29, 0.717) is 12.8 Å². The number of rotatable bonds is 2. The summed E-state index contributed by atoms with van der Waals surface area (Å²) in [6.07, 6.45) is -0.0201. The van der Waals surface area contributed by atoms with Gasteiger partial charge in [-0.1, -0.05) is 0 Å². The van der Waals surface area contributed by atoms with E-state index < -0.39 is 35.8 Å². The van der Waals surface area contributed by atoms with Crippen LogP contribution in [0.5, 0.6) is 0 Å². The van der Waals surface area contributed by atoms with Gasteiger partial charge in [0.2, 0.25) is 0 Å². The van der Waals surface area contributed by atoms with Gasteiger partial charge in [0.15, 0.2) is 0 Å². The molecule has 0 unspecified atom stereocenters. The van der Waals surface area contributed by atoms with Crippen molar-refractivity contribution in [3.05, 3.63) is 0 Å². The van der Waals surface area contributed by atoms with E-state index in [2.05, 4.69) is 0 Å². The molecule has 1 amide bonds. The molecule has 1 aliphatic carbocycles. The third-order valence-electron chi connectivity index (χ3n) is 4.03. The first-order valence-corrected chi connectivity index (χ1v) is 7.56. The molecule has 5 nitrogen and oxygen atoms in total. The van der Waals surface area contributed by atoms with Crippen LogP contribution in [0.4, 0.5) is 9.18 Å². The monoisotopic (exact) mass is 301 g/mol. The van der Waals surface area contributed by atoms with Gasteiger partial charge in [-0.2, -0.15) is 0 Å². The average molecular weight is 301 g/mol. The van der Waals surface area contributed by atoms with Crippen molar-refractivity contribution in [1.82, 2.24) is 4.90 Å². The molecule has 3 rings (SSSR count). The minimum atomic E-state index is -1.06. The van der Waals surface area contributed by atoms with Gasteiger partial charge in [0.1, 0.15) is 17.8 Å². The van der Waals surface area contributed by atoms with Crippen LogP contribution in [0, 0.1) is 5.92 Å². The fourth-order valence-electron chi connectivity index (χ4n) is 3.25. The van der Waals surface area contributed by atoms with Crippen LogP contribution in [0.15, 0.2) is 0 Å². The molecule has 21 heavy (non-hydrogen) atoms. The number of esters is 1. The lowest BCUT2D eigenvalue weighted by Gasteiger charge is -2.50. The van der Waals surface area contributed by atoms with Crippen molar-refractivity contribution in [2.24, 2.45) is 5.92 Å². The molecular formula is C15H24FNO4.